The van der Waals surface area contributed by atoms with Gasteiger partial charge in [-0.05, 0) is 24.6 Å². The molecule has 1 aliphatic heterocycles. The van der Waals surface area contributed by atoms with Gasteiger partial charge >= 0.3 is 0 Å². The average Bonchev–Trinajstić information content (AvgIpc) is 2.94. The fourth-order valence-electron chi connectivity index (χ4n) is 3.31. The van der Waals surface area contributed by atoms with E-state index >= 15 is 0 Å². The van der Waals surface area contributed by atoms with Crippen LogP contribution in [0.1, 0.15) is 29.8 Å². The summed E-state index contributed by atoms with van der Waals surface area (Å²) in [4.78, 5) is 7.02. The minimum absolute atomic E-state index is 0.379. The zero-order valence-corrected chi connectivity index (χ0v) is 14.2. The number of aromatic nitrogens is 2. The highest BCUT2D eigenvalue weighted by Gasteiger charge is 2.29. The topological polar surface area (TPSA) is 39.5 Å². The van der Waals surface area contributed by atoms with Gasteiger partial charge in [-0.1, -0.05) is 12.1 Å². The molecule has 1 aromatic heterocycles. The largest absolute Gasteiger partial charge is 0.497 e. The molecule has 0 aliphatic carbocycles. The molecular formula is C18H25N3O2. The van der Waals surface area contributed by atoms with Crippen LogP contribution in [0.25, 0.3) is 0 Å². The SMILES string of the molecule is CCOC[C@@H]1CN(Cc2ccc(OC)cc2)Cc2ncn(C)c21. The van der Waals surface area contributed by atoms with Gasteiger partial charge in [0.2, 0.25) is 0 Å². The van der Waals surface area contributed by atoms with Crippen molar-refractivity contribution in [2.24, 2.45) is 7.05 Å². The smallest absolute Gasteiger partial charge is 0.118 e. The lowest BCUT2D eigenvalue weighted by molar-refractivity contribution is 0.102. The maximum absolute atomic E-state index is 5.70. The van der Waals surface area contributed by atoms with Crippen molar-refractivity contribution < 1.29 is 9.47 Å². The van der Waals surface area contributed by atoms with Crippen LogP contribution in [0.15, 0.2) is 30.6 Å². The van der Waals surface area contributed by atoms with Crippen molar-refractivity contribution in [3.05, 3.63) is 47.5 Å². The Morgan fingerprint density at radius 2 is 2.04 bits per heavy atom. The number of rotatable bonds is 6. The van der Waals surface area contributed by atoms with Gasteiger partial charge in [-0.3, -0.25) is 4.90 Å². The number of ether oxygens (including phenoxy) is 2. The Balaban J connectivity index is 1.73. The van der Waals surface area contributed by atoms with E-state index in [1.165, 1.54) is 17.0 Å². The Morgan fingerprint density at radius 3 is 2.74 bits per heavy atom. The third kappa shape index (κ3) is 3.57. The zero-order valence-electron chi connectivity index (χ0n) is 14.2. The average molecular weight is 315 g/mol. The van der Waals surface area contributed by atoms with Crippen LogP contribution >= 0.6 is 0 Å². The van der Waals surface area contributed by atoms with E-state index in [2.05, 4.69) is 33.6 Å². The number of hydrogen-bond acceptors (Lipinski definition) is 4. The summed E-state index contributed by atoms with van der Waals surface area (Å²) >= 11 is 0. The fourth-order valence-corrected chi connectivity index (χ4v) is 3.31. The van der Waals surface area contributed by atoms with Gasteiger partial charge in [-0.15, -0.1) is 0 Å². The summed E-state index contributed by atoms with van der Waals surface area (Å²) in [6.45, 7) is 6.36. The summed E-state index contributed by atoms with van der Waals surface area (Å²) in [5.74, 6) is 1.28. The van der Waals surface area contributed by atoms with Gasteiger partial charge in [0.05, 0.1) is 25.7 Å². The van der Waals surface area contributed by atoms with E-state index in [-0.39, 0.29) is 0 Å². The van der Waals surface area contributed by atoms with Crippen LogP contribution in [0.3, 0.4) is 0 Å². The fraction of sp³-hybridized carbons (Fsp3) is 0.500. The molecule has 5 heteroatoms. The molecule has 0 amide bonds. The first kappa shape index (κ1) is 16.0. The summed E-state index contributed by atoms with van der Waals surface area (Å²) in [7, 11) is 3.77. The predicted molar refractivity (Wildman–Crippen MR) is 89.6 cm³/mol. The molecule has 1 aliphatic rings. The lowest BCUT2D eigenvalue weighted by Crippen LogP contribution is -2.36. The Bertz CT molecular complexity index is 636. The van der Waals surface area contributed by atoms with Crippen molar-refractivity contribution in [2.45, 2.75) is 25.9 Å². The van der Waals surface area contributed by atoms with Crippen molar-refractivity contribution in [1.82, 2.24) is 14.5 Å². The van der Waals surface area contributed by atoms with Crippen LogP contribution in [0, 0.1) is 0 Å². The third-order valence-electron chi connectivity index (χ3n) is 4.39. The molecular weight excluding hydrogens is 290 g/mol. The van der Waals surface area contributed by atoms with E-state index in [0.717, 1.165) is 38.6 Å². The Morgan fingerprint density at radius 1 is 1.26 bits per heavy atom. The number of imidazole rings is 1. The summed E-state index contributed by atoms with van der Waals surface area (Å²) < 4.78 is 13.1. The van der Waals surface area contributed by atoms with E-state index in [1.807, 2.05) is 25.4 Å². The summed E-state index contributed by atoms with van der Waals surface area (Å²) in [5.41, 5.74) is 3.79. The molecule has 5 nitrogen and oxygen atoms in total. The molecule has 0 unspecified atom stereocenters. The van der Waals surface area contributed by atoms with Crippen LogP contribution in [-0.4, -0.2) is 41.3 Å². The number of benzene rings is 1. The first-order valence-electron chi connectivity index (χ1n) is 8.14. The highest BCUT2D eigenvalue weighted by molar-refractivity contribution is 5.28. The van der Waals surface area contributed by atoms with Crippen molar-refractivity contribution >= 4 is 0 Å². The van der Waals surface area contributed by atoms with Crippen molar-refractivity contribution in [3.63, 3.8) is 0 Å². The Labute approximate surface area is 137 Å². The monoisotopic (exact) mass is 315 g/mol. The molecule has 0 N–H and O–H groups in total. The molecule has 2 heterocycles. The summed E-state index contributed by atoms with van der Waals surface area (Å²) in [5, 5.41) is 0. The first-order valence-corrected chi connectivity index (χ1v) is 8.14. The number of hydrogen-bond donors (Lipinski definition) is 0. The summed E-state index contributed by atoms with van der Waals surface area (Å²) in [6, 6.07) is 8.29. The second kappa shape index (κ2) is 7.15. The van der Waals surface area contributed by atoms with Gasteiger partial charge in [0, 0.05) is 44.9 Å². The minimum atomic E-state index is 0.379. The van der Waals surface area contributed by atoms with Crippen molar-refractivity contribution in [2.75, 3.05) is 26.9 Å². The normalized spacial score (nSPS) is 18.0. The quantitative estimate of drug-likeness (QED) is 0.821. The molecule has 1 atom stereocenters. The van der Waals surface area contributed by atoms with Crippen LogP contribution < -0.4 is 4.74 Å². The van der Waals surface area contributed by atoms with Crippen LogP contribution in [-0.2, 0) is 24.9 Å². The molecule has 1 aromatic carbocycles. The van der Waals surface area contributed by atoms with Gasteiger partial charge in [0.15, 0.2) is 0 Å². The molecule has 124 valence electrons. The minimum Gasteiger partial charge on any atom is -0.497 e. The van der Waals surface area contributed by atoms with E-state index in [4.69, 9.17) is 9.47 Å². The van der Waals surface area contributed by atoms with Gasteiger partial charge < -0.3 is 14.0 Å². The van der Waals surface area contributed by atoms with Gasteiger partial charge in [0.25, 0.3) is 0 Å². The summed E-state index contributed by atoms with van der Waals surface area (Å²) in [6.07, 6.45) is 1.92. The number of nitrogens with zero attached hydrogens (tertiary/aromatic N) is 3. The van der Waals surface area contributed by atoms with Crippen molar-refractivity contribution in [3.8, 4) is 5.75 Å². The van der Waals surface area contributed by atoms with Gasteiger partial charge in [-0.25, -0.2) is 4.98 Å². The Kier molecular flexibility index (Phi) is 4.98. The molecule has 0 saturated heterocycles. The van der Waals surface area contributed by atoms with Gasteiger partial charge in [0.1, 0.15) is 5.75 Å². The van der Waals surface area contributed by atoms with E-state index in [0.29, 0.717) is 5.92 Å². The predicted octanol–water partition coefficient (Wildman–Crippen LogP) is 2.56. The lowest BCUT2D eigenvalue weighted by atomic mass is 9.98. The molecule has 0 bridgehead atoms. The highest BCUT2D eigenvalue weighted by atomic mass is 16.5. The molecule has 23 heavy (non-hydrogen) atoms. The van der Waals surface area contributed by atoms with E-state index < -0.39 is 0 Å². The zero-order chi connectivity index (χ0) is 16.2. The second-order valence-corrected chi connectivity index (χ2v) is 6.06. The second-order valence-electron chi connectivity index (χ2n) is 6.06. The lowest BCUT2D eigenvalue weighted by Gasteiger charge is -2.32. The Hall–Kier alpha value is -1.85. The highest BCUT2D eigenvalue weighted by Crippen LogP contribution is 2.28. The third-order valence-corrected chi connectivity index (χ3v) is 4.39. The molecule has 2 aromatic rings. The van der Waals surface area contributed by atoms with Crippen LogP contribution in [0.5, 0.6) is 5.75 Å². The number of fused-ring (bicyclic) bond motifs is 1. The van der Waals surface area contributed by atoms with Crippen molar-refractivity contribution in [1.29, 1.82) is 0 Å². The molecule has 0 spiro atoms. The molecule has 0 fully saturated rings. The first-order chi connectivity index (χ1) is 11.2. The standard InChI is InChI=1S/C18H25N3O2/c1-4-23-12-15-10-21(11-17-18(15)20(2)13-19-17)9-14-5-7-16(22-3)8-6-14/h5-8,13,15H,4,9-12H2,1-3H3/t15-/m0/s1. The van der Waals surface area contributed by atoms with E-state index in [1.54, 1.807) is 7.11 Å². The molecule has 0 radical (unpaired) electrons. The number of methoxy groups -OCH3 is 1. The maximum Gasteiger partial charge on any atom is 0.118 e. The van der Waals surface area contributed by atoms with Gasteiger partial charge in [-0.2, -0.15) is 0 Å². The number of aryl methyl sites for hydroxylation is 1. The van der Waals surface area contributed by atoms with Crippen LogP contribution in [0.2, 0.25) is 0 Å². The van der Waals surface area contributed by atoms with E-state index in [9.17, 15) is 0 Å². The molecule has 3 rings (SSSR count). The molecule has 0 saturated carbocycles. The van der Waals surface area contributed by atoms with Crippen LogP contribution in [0.4, 0.5) is 0 Å². The maximum atomic E-state index is 5.70.